The Balaban J connectivity index is 1.90. The zero-order valence-electron chi connectivity index (χ0n) is 14.2. The van der Waals surface area contributed by atoms with Gasteiger partial charge in [0.1, 0.15) is 29.2 Å². The van der Waals surface area contributed by atoms with Gasteiger partial charge in [-0.2, -0.15) is 5.26 Å². The molecule has 6 nitrogen and oxygen atoms in total. The van der Waals surface area contributed by atoms with Crippen molar-refractivity contribution in [1.29, 1.82) is 5.26 Å². The molecule has 8 heteroatoms. The molecule has 1 heterocycles. The lowest BCUT2D eigenvalue weighted by molar-refractivity contribution is 0.477. The van der Waals surface area contributed by atoms with E-state index in [1.165, 1.54) is 24.3 Å². The summed E-state index contributed by atoms with van der Waals surface area (Å²) < 4.78 is 45.8. The van der Waals surface area contributed by atoms with Crippen LogP contribution >= 0.6 is 0 Å². The molecule has 0 saturated carbocycles. The second-order valence-corrected chi connectivity index (χ2v) is 7.29. The monoisotopic (exact) mass is 383 g/mol. The van der Waals surface area contributed by atoms with Gasteiger partial charge in [0.2, 0.25) is 0 Å². The van der Waals surface area contributed by atoms with Crippen LogP contribution in [-0.2, 0) is 10.0 Å². The van der Waals surface area contributed by atoms with Crippen molar-refractivity contribution < 1.29 is 17.5 Å². The molecule has 27 heavy (non-hydrogen) atoms. The molecule has 3 rings (SSSR count). The molecule has 0 bridgehead atoms. The molecule has 0 radical (unpaired) electrons. The number of nitriles is 1. The average Bonchev–Trinajstić information content (AvgIpc) is 2.65. The van der Waals surface area contributed by atoms with Crippen LogP contribution in [0.25, 0.3) is 0 Å². The van der Waals surface area contributed by atoms with Gasteiger partial charge in [-0.05, 0) is 48.9 Å². The maximum Gasteiger partial charge on any atom is 0.263 e. The first-order valence-corrected chi connectivity index (χ1v) is 9.29. The van der Waals surface area contributed by atoms with E-state index in [0.29, 0.717) is 5.75 Å². The van der Waals surface area contributed by atoms with Gasteiger partial charge in [-0.3, -0.25) is 4.72 Å². The summed E-state index contributed by atoms with van der Waals surface area (Å²) in [6.45, 7) is 1.86. The van der Waals surface area contributed by atoms with Crippen LogP contribution in [0.2, 0.25) is 0 Å². The maximum absolute atomic E-state index is 12.9. The molecule has 0 aliphatic rings. The molecule has 0 unspecified atom stereocenters. The van der Waals surface area contributed by atoms with Crippen LogP contribution in [0.4, 0.5) is 10.2 Å². The third-order valence-electron chi connectivity index (χ3n) is 3.66. The number of pyridine rings is 1. The van der Waals surface area contributed by atoms with E-state index in [1.807, 2.05) is 25.1 Å². The number of hydrogen-bond donors (Lipinski definition) is 1. The van der Waals surface area contributed by atoms with E-state index in [9.17, 15) is 18.1 Å². The minimum absolute atomic E-state index is 0.0323. The minimum atomic E-state index is -4.00. The topological polar surface area (TPSA) is 92.1 Å². The van der Waals surface area contributed by atoms with Crippen molar-refractivity contribution in [2.24, 2.45) is 0 Å². The first kappa shape index (κ1) is 18.4. The van der Waals surface area contributed by atoms with Gasteiger partial charge in [-0.25, -0.2) is 17.8 Å². The van der Waals surface area contributed by atoms with E-state index in [1.54, 1.807) is 12.1 Å². The van der Waals surface area contributed by atoms with Crippen molar-refractivity contribution >= 4 is 15.8 Å². The summed E-state index contributed by atoms with van der Waals surface area (Å²) in [5.74, 6) is 0.196. The number of nitrogens with one attached hydrogen (secondary N) is 1. The molecule has 136 valence electrons. The summed E-state index contributed by atoms with van der Waals surface area (Å²) in [7, 11) is -4.00. The Labute approximate surface area is 155 Å². The number of sulfonamides is 1. The van der Waals surface area contributed by atoms with Crippen LogP contribution < -0.4 is 9.46 Å². The number of halogens is 1. The van der Waals surface area contributed by atoms with Gasteiger partial charge in [0.25, 0.3) is 10.0 Å². The fourth-order valence-corrected chi connectivity index (χ4v) is 3.31. The van der Waals surface area contributed by atoms with Crippen molar-refractivity contribution in [2.75, 3.05) is 4.72 Å². The van der Waals surface area contributed by atoms with E-state index in [0.717, 1.165) is 17.8 Å². The Bertz CT molecular complexity index is 1120. The number of para-hydroxylation sites is 1. The van der Waals surface area contributed by atoms with E-state index >= 15 is 0 Å². The van der Waals surface area contributed by atoms with Crippen molar-refractivity contribution in [3.8, 4) is 17.6 Å². The van der Waals surface area contributed by atoms with Crippen LogP contribution in [-0.4, -0.2) is 13.4 Å². The highest BCUT2D eigenvalue weighted by Gasteiger charge is 2.18. The molecule has 0 aliphatic heterocycles. The fourth-order valence-electron chi connectivity index (χ4n) is 2.27. The van der Waals surface area contributed by atoms with Crippen molar-refractivity contribution in [1.82, 2.24) is 4.98 Å². The summed E-state index contributed by atoms with van der Waals surface area (Å²) in [6, 6.07) is 15.4. The van der Waals surface area contributed by atoms with Crippen molar-refractivity contribution in [2.45, 2.75) is 11.8 Å². The van der Waals surface area contributed by atoms with Gasteiger partial charge in [-0.15, -0.1) is 0 Å². The van der Waals surface area contributed by atoms with Gasteiger partial charge in [0, 0.05) is 0 Å². The van der Waals surface area contributed by atoms with Gasteiger partial charge < -0.3 is 4.74 Å². The number of ether oxygens (including phenoxy) is 1. The molecular weight excluding hydrogens is 369 g/mol. The van der Waals surface area contributed by atoms with Gasteiger partial charge in [-0.1, -0.05) is 18.2 Å². The van der Waals surface area contributed by atoms with E-state index < -0.39 is 15.8 Å². The number of aromatic nitrogens is 1. The Hall–Kier alpha value is -3.44. The van der Waals surface area contributed by atoms with Gasteiger partial charge in [0.05, 0.1) is 16.7 Å². The largest absolute Gasteiger partial charge is 0.456 e. The summed E-state index contributed by atoms with van der Waals surface area (Å²) in [6.07, 6.45) is 0.900. The number of rotatable bonds is 5. The fraction of sp³-hybridized carbons (Fsp3) is 0.0526. The molecular formula is C19H14FN3O3S. The number of anilines is 1. The smallest absolute Gasteiger partial charge is 0.263 e. The number of hydrogen-bond acceptors (Lipinski definition) is 5. The Morgan fingerprint density at radius 2 is 1.89 bits per heavy atom. The molecule has 0 saturated heterocycles. The lowest BCUT2D eigenvalue weighted by Gasteiger charge is -2.12. The third-order valence-corrected chi connectivity index (χ3v) is 5.01. The summed E-state index contributed by atoms with van der Waals surface area (Å²) >= 11 is 0. The average molecular weight is 383 g/mol. The van der Waals surface area contributed by atoms with Crippen molar-refractivity contribution in [3.05, 3.63) is 77.7 Å². The minimum Gasteiger partial charge on any atom is -0.456 e. The lowest BCUT2D eigenvalue weighted by Crippen LogP contribution is -2.14. The molecule has 0 atom stereocenters. The SMILES string of the molecule is Cc1ccccc1Oc1ccc(S(=O)(=O)Nc2ccc(F)cn2)cc1C#N. The van der Waals surface area contributed by atoms with Crippen LogP contribution in [0.15, 0.2) is 65.7 Å². The Morgan fingerprint density at radius 1 is 1.11 bits per heavy atom. The molecule has 1 aromatic heterocycles. The highest BCUT2D eigenvalue weighted by molar-refractivity contribution is 7.92. The first-order chi connectivity index (χ1) is 12.9. The normalized spacial score (nSPS) is 10.9. The van der Waals surface area contributed by atoms with Crippen LogP contribution in [0.3, 0.4) is 0 Å². The molecule has 0 aliphatic carbocycles. The molecule has 3 aromatic rings. The van der Waals surface area contributed by atoms with Gasteiger partial charge >= 0.3 is 0 Å². The summed E-state index contributed by atoms with van der Waals surface area (Å²) in [4.78, 5) is 3.52. The zero-order valence-corrected chi connectivity index (χ0v) is 15.0. The number of benzene rings is 2. The molecule has 0 amide bonds. The van der Waals surface area contributed by atoms with E-state index in [4.69, 9.17) is 4.74 Å². The van der Waals surface area contributed by atoms with Gasteiger partial charge in [0.15, 0.2) is 0 Å². The highest BCUT2D eigenvalue weighted by Crippen LogP contribution is 2.29. The second kappa shape index (κ2) is 7.43. The van der Waals surface area contributed by atoms with Crippen molar-refractivity contribution in [3.63, 3.8) is 0 Å². The number of nitrogens with zero attached hydrogens (tertiary/aromatic N) is 2. The zero-order chi connectivity index (χ0) is 19.4. The first-order valence-electron chi connectivity index (χ1n) is 7.81. The van der Waals surface area contributed by atoms with Crippen LogP contribution in [0, 0.1) is 24.1 Å². The molecule has 2 aromatic carbocycles. The summed E-state index contributed by atoms with van der Waals surface area (Å²) in [5.41, 5.74) is 0.940. The predicted molar refractivity (Wildman–Crippen MR) is 97.4 cm³/mol. The van der Waals surface area contributed by atoms with E-state index in [2.05, 4.69) is 9.71 Å². The molecule has 1 N–H and O–H groups in total. The molecule has 0 fully saturated rings. The Morgan fingerprint density at radius 3 is 2.56 bits per heavy atom. The highest BCUT2D eigenvalue weighted by atomic mass is 32.2. The van der Waals surface area contributed by atoms with Crippen LogP contribution in [0.1, 0.15) is 11.1 Å². The van der Waals surface area contributed by atoms with Crippen LogP contribution in [0.5, 0.6) is 11.5 Å². The number of aryl methyl sites for hydroxylation is 1. The third kappa shape index (κ3) is 4.22. The second-order valence-electron chi connectivity index (χ2n) is 5.60. The predicted octanol–water partition coefficient (Wildman–Crippen LogP) is 3.99. The lowest BCUT2D eigenvalue weighted by atomic mass is 10.2. The quantitative estimate of drug-likeness (QED) is 0.719. The summed E-state index contributed by atoms with van der Waals surface area (Å²) in [5, 5.41) is 9.38. The maximum atomic E-state index is 12.9. The standard InChI is InChI=1S/C19H14FN3O3S/c1-13-4-2-3-5-17(13)26-18-8-7-16(10-14(18)11-21)27(24,25)23-19-9-6-15(20)12-22-19/h2-10,12H,1H3,(H,22,23). The Kier molecular flexibility index (Phi) is 5.05. The van der Waals surface area contributed by atoms with E-state index in [-0.39, 0.29) is 22.0 Å². The molecule has 0 spiro atoms.